The Morgan fingerprint density at radius 3 is 2.39 bits per heavy atom. The van der Waals surface area contributed by atoms with Crippen LogP contribution < -0.4 is 0 Å². The highest BCUT2D eigenvalue weighted by atomic mass is 14.1. The Morgan fingerprint density at radius 2 is 1.78 bits per heavy atom. The summed E-state index contributed by atoms with van der Waals surface area (Å²) >= 11 is 0. The molecule has 0 spiro atoms. The number of hydrogen-bond donors (Lipinski definition) is 0. The lowest BCUT2D eigenvalue weighted by molar-refractivity contribution is 1.07. The number of rotatable bonds is 3. The van der Waals surface area contributed by atoms with E-state index >= 15 is 0 Å². The SMILES string of the molecule is C#Cc1c(Cc2ccccc2)ccc(C)c1CC. The summed E-state index contributed by atoms with van der Waals surface area (Å²) in [6, 6.07) is 14.8. The molecule has 0 unspecified atom stereocenters. The molecule has 0 nitrogen and oxygen atoms in total. The van der Waals surface area contributed by atoms with Gasteiger partial charge < -0.3 is 0 Å². The molecule has 0 aliphatic rings. The molecular weight excluding hydrogens is 216 g/mol. The lowest BCUT2D eigenvalue weighted by atomic mass is 9.92. The predicted octanol–water partition coefficient (Wildman–Crippen LogP) is 4.13. The zero-order valence-electron chi connectivity index (χ0n) is 11.0. The molecule has 0 saturated heterocycles. The highest BCUT2D eigenvalue weighted by Gasteiger charge is 2.08. The van der Waals surface area contributed by atoms with Crippen molar-refractivity contribution in [2.24, 2.45) is 0 Å². The lowest BCUT2D eigenvalue weighted by Crippen LogP contribution is -1.99. The summed E-state index contributed by atoms with van der Waals surface area (Å²) in [5.41, 5.74) is 6.25. The van der Waals surface area contributed by atoms with Crippen LogP contribution in [0.2, 0.25) is 0 Å². The first kappa shape index (κ1) is 12.5. The minimum absolute atomic E-state index is 0.910. The molecule has 2 aromatic carbocycles. The van der Waals surface area contributed by atoms with Gasteiger partial charge in [-0.3, -0.25) is 0 Å². The maximum Gasteiger partial charge on any atom is 0.0312 e. The fourth-order valence-electron chi connectivity index (χ4n) is 2.40. The van der Waals surface area contributed by atoms with Crippen LogP contribution >= 0.6 is 0 Å². The van der Waals surface area contributed by atoms with Crippen LogP contribution in [0.4, 0.5) is 0 Å². The summed E-state index contributed by atoms with van der Waals surface area (Å²) < 4.78 is 0. The van der Waals surface area contributed by atoms with E-state index in [1.807, 2.05) is 6.07 Å². The van der Waals surface area contributed by atoms with Crippen molar-refractivity contribution < 1.29 is 0 Å². The van der Waals surface area contributed by atoms with Gasteiger partial charge in [0.15, 0.2) is 0 Å². The number of hydrogen-bond acceptors (Lipinski definition) is 0. The molecule has 18 heavy (non-hydrogen) atoms. The first-order valence-electron chi connectivity index (χ1n) is 6.38. The zero-order valence-corrected chi connectivity index (χ0v) is 11.0. The van der Waals surface area contributed by atoms with Gasteiger partial charge in [0.2, 0.25) is 0 Å². The third-order valence-electron chi connectivity index (χ3n) is 3.37. The highest BCUT2D eigenvalue weighted by molar-refractivity contribution is 5.51. The van der Waals surface area contributed by atoms with Crippen LogP contribution in [-0.4, -0.2) is 0 Å². The fraction of sp³-hybridized carbons (Fsp3) is 0.222. The summed E-state index contributed by atoms with van der Waals surface area (Å²) in [7, 11) is 0. The van der Waals surface area contributed by atoms with Crippen molar-refractivity contribution in [1.29, 1.82) is 0 Å². The molecule has 0 heteroatoms. The number of benzene rings is 2. The summed E-state index contributed by atoms with van der Waals surface area (Å²) in [4.78, 5) is 0. The highest BCUT2D eigenvalue weighted by Crippen LogP contribution is 2.21. The van der Waals surface area contributed by atoms with Crippen molar-refractivity contribution >= 4 is 0 Å². The van der Waals surface area contributed by atoms with Crippen molar-refractivity contribution in [3.63, 3.8) is 0 Å². The summed E-state index contributed by atoms with van der Waals surface area (Å²) in [6.45, 7) is 4.29. The van der Waals surface area contributed by atoms with Gasteiger partial charge in [-0.2, -0.15) is 0 Å². The summed E-state index contributed by atoms with van der Waals surface area (Å²) in [6.07, 6.45) is 7.60. The third kappa shape index (κ3) is 2.46. The second-order valence-corrected chi connectivity index (χ2v) is 4.56. The summed E-state index contributed by atoms with van der Waals surface area (Å²) in [5.74, 6) is 2.88. The van der Waals surface area contributed by atoms with Crippen LogP contribution in [0, 0.1) is 19.3 Å². The largest absolute Gasteiger partial charge is 0.115 e. The van der Waals surface area contributed by atoms with Gasteiger partial charge in [0.05, 0.1) is 0 Å². The van der Waals surface area contributed by atoms with Gasteiger partial charge in [0.1, 0.15) is 0 Å². The van der Waals surface area contributed by atoms with Crippen LogP contribution in [0.15, 0.2) is 42.5 Å². The average Bonchev–Trinajstić information content (AvgIpc) is 2.41. The normalized spacial score (nSPS) is 10.1. The first-order valence-corrected chi connectivity index (χ1v) is 6.38. The molecule has 0 N–H and O–H groups in total. The van der Waals surface area contributed by atoms with E-state index in [1.165, 1.54) is 22.3 Å². The van der Waals surface area contributed by atoms with E-state index in [0.717, 1.165) is 18.4 Å². The molecule has 2 rings (SSSR count). The molecule has 0 aliphatic heterocycles. The maximum atomic E-state index is 5.70. The summed E-state index contributed by atoms with van der Waals surface area (Å²) in [5, 5.41) is 0. The Hall–Kier alpha value is -2.00. The second-order valence-electron chi connectivity index (χ2n) is 4.56. The molecule has 0 bridgehead atoms. The molecule has 2 aromatic rings. The van der Waals surface area contributed by atoms with Crippen LogP contribution in [0.25, 0.3) is 0 Å². The molecule has 0 radical (unpaired) electrons. The van der Waals surface area contributed by atoms with E-state index in [4.69, 9.17) is 6.42 Å². The third-order valence-corrected chi connectivity index (χ3v) is 3.37. The molecule has 0 heterocycles. The van der Waals surface area contributed by atoms with Crippen LogP contribution in [0.5, 0.6) is 0 Å². The minimum atomic E-state index is 0.910. The average molecular weight is 234 g/mol. The van der Waals surface area contributed by atoms with Gasteiger partial charge in [-0.25, -0.2) is 0 Å². The minimum Gasteiger partial charge on any atom is -0.115 e. The molecule has 0 amide bonds. The molecule has 0 saturated carbocycles. The van der Waals surface area contributed by atoms with Gasteiger partial charge in [0, 0.05) is 5.56 Å². The first-order chi connectivity index (χ1) is 8.76. The maximum absolute atomic E-state index is 5.70. The van der Waals surface area contributed by atoms with E-state index in [9.17, 15) is 0 Å². The molecule has 90 valence electrons. The van der Waals surface area contributed by atoms with Crippen LogP contribution in [-0.2, 0) is 12.8 Å². The Kier molecular flexibility index (Phi) is 3.85. The quantitative estimate of drug-likeness (QED) is 0.700. The van der Waals surface area contributed by atoms with Gasteiger partial charge >= 0.3 is 0 Å². The van der Waals surface area contributed by atoms with Crippen LogP contribution in [0.1, 0.15) is 34.7 Å². The van der Waals surface area contributed by atoms with Gasteiger partial charge in [-0.15, -0.1) is 6.42 Å². The molecule has 0 aromatic heterocycles. The van der Waals surface area contributed by atoms with E-state index in [0.29, 0.717) is 0 Å². The Labute approximate surface area is 110 Å². The van der Waals surface area contributed by atoms with E-state index in [1.54, 1.807) is 0 Å². The Bertz CT molecular complexity index is 571. The second kappa shape index (κ2) is 5.56. The van der Waals surface area contributed by atoms with Gasteiger partial charge in [-0.1, -0.05) is 55.3 Å². The van der Waals surface area contributed by atoms with Crippen molar-refractivity contribution in [2.45, 2.75) is 26.7 Å². The number of terminal acetylenes is 1. The predicted molar refractivity (Wildman–Crippen MR) is 77.7 cm³/mol. The smallest absolute Gasteiger partial charge is 0.0312 e. The van der Waals surface area contributed by atoms with E-state index in [-0.39, 0.29) is 0 Å². The molecular formula is C18H18. The van der Waals surface area contributed by atoms with Crippen molar-refractivity contribution in [1.82, 2.24) is 0 Å². The van der Waals surface area contributed by atoms with Crippen molar-refractivity contribution in [3.05, 3.63) is 70.3 Å². The van der Waals surface area contributed by atoms with Crippen molar-refractivity contribution in [2.75, 3.05) is 0 Å². The number of aryl methyl sites for hydroxylation is 1. The fourth-order valence-corrected chi connectivity index (χ4v) is 2.40. The topological polar surface area (TPSA) is 0 Å². The van der Waals surface area contributed by atoms with E-state index in [2.05, 4.69) is 56.2 Å². The molecule has 0 fully saturated rings. The van der Waals surface area contributed by atoms with Crippen molar-refractivity contribution in [3.8, 4) is 12.3 Å². The Morgan fingerprint density at radius 1 is 1.06 bits per heavy atom. The van der Waals surface area contributed by atoms with Gasteiger partial charge in [0.25, 0.3) is 0 Å². The van der Waals surface area contributed by atoms with Gasteiger partial charge in [-0.05, 0) is 42.0 Å². The van der Waals surface area contributed by atoms with E-state index < -0.39 is 0 Å². The molecule has 0 aliphatic carbocycles. The monoisotopic (exact) mass is 234 g/mol. The zero-order chi connectivity index (χ0) is 13.0. The standard InChI is InChI=1S/C18H18/c1-4-17-14(3)11-12-16(18(17)5-2)13-15-9-7-6-8-10-15/h2,6-12H,4,13H2,1,3H3. The Balaban J connectivity index is 2.43. The lowest BCUT2D eigenvalue weighted by Gasteiger charge is -2.12. The molecule has 0 atom stereocenters. The van der Waals surface area contributed by atoms with Crippen LogP contribution in [0.3, 0.4) is 0 Å².